The molecule has 4 aliphatic carbocycles. The van der Waals surface area contributed by atoms with E-state index in [4.69, 9.17) is 4.74 Å². The van der Waals surface area contributed by atoms with E-state index in [0.29, 0.717) is 11.8 Å². The van der Waals surface area contributed by atoms with Gasteiger partial charge in [0.25, 0.3) is 0 Å². The summed E-state index contributed by atoms with van der Waals surface area (Å²) in [5.41, 5.74) is -1.95. The first-order chi connectivity index (χ1) is 11.1. The SMILES string of the molecule is CC(C)C1CCC23CC4C(C)C(=O)C5OC54C2(C)C(=O)C(O)C13C. The molecule has 5 rings (SSSR count). The molecule has 4 saturated carbocycles. The molecule has 0 bridgehead atoms. The van der Waals surface area contributed by atoms with Crippen LogP contribution < -0.4 is 0 Å². The summed E-state index contributed by atoms with van der Waals surface area (Å²) < 4.78 is 6.04. The number of hydrogen-bond donors (Lipinski definition) is 1. The number of ether oxygens (including phenoxy) is 1. The summed E-state index contributed by atoms with van der Waals surface area (Å²) in [5, 5.41) is 11.1. The van der Waals surface area contributed by atoms with E-state index in [2.05, 4.69) is 20.8 Å². The van der Waals surface area contributed by atoms with Crippen LogP contribution in [0.15, 0.2) is 0 Å². The van der Waals surface area contributed by atoms with Gasteiger partial charge in [0.05, 0.1) is 5.41 Å². The summed E-state index contributed by atoms with van der Waals surface area (Å²) in [6.45, 7) is 10.6. The van der Waals surface area contributed by atoms with Crippen LogP contribution in [0.25, 0.3) is 0 Å². The monoisotopic (exact) mass is 332 g/mol. The number of rotatable bonds is 1. The molecule has 1 N–H and O–H groups in total. The second-order valence-electron chi connectivity index (χ2n) is 9.94. The first kappa shape index (κ1) is 15.5. The van der Waals surface area contributed by atoms with Gasteiger partial charge in [0.15, 0.2) is 11.6 Å². The molecule has 132 valence electrons. The van der Waals surface area contributed by atoms with E-state index in [1.54, 1.807) is 0 Å². The van der Waals surface area contributed by atoms with E-state index >= 15 is 0 Å². The van der Waals surface area contributed by atoms with Gasteiger partial charge in [-0.1, -0.05) is 27.7 Å². The maximum absolute atomic E-state index is 13.4. The summed E-state index contributed by atoms with van der Waals surface area (Å²) in [7, 11) is 0. The van der Waals surface area contributed by atoms with E-state index in [1.165, 1.54) is 0 Å². The van der Waals surface area contributed by atoms with Crippen molar-refractivity contribution in [1.82, 2.24) is 0 Å². The molecule has 24 heavy (non-hydrogen) atoms. The number of epoxide rings is 1. The third kappa shape index (κ3) is 1.07. The standard InChI is InChI=1S/C20H28O4/c1-9(2)11-6-7-19-8-12-10(3)13(21)16-20(12,24-16)18(19,5)15(23)14(22)17(11,19)4/h9-12,14,16,22H,6-8H2,1-5H3. The van der Waals surface area contributed by atoms with Crippen molar-refractivity contribution in [3.05, 3.63) is 0 Å². The zero-order valence-corrected chi connectivity index (χ0v) is 15.3. The molecule has 0 amide bonds. The van der Waals surface area contributed by atoms with Crippen molar-refractivity contribution in [3.63, 3.8) is 0 Å². The van der Waals surface area contributed by atoms with E-state index in [-0.39, 0.29) is 28.8 Å². The Kier molecular flexibility index (Phi) is 2.47. The van der Waals surface area contributed by atoms with E-state index in [1.807, 2.05) is 13.8 Å². The van der Waals surface area contributed by atoms with Crippen LogP contribution in [0.2, 0.25) is 0 Å². The molecule has 0 aromatic heterocycles. The zero-order valence-electron chi connectivity index (χ0n) is 15.3. The van der Waals surface area contributed by atoms with Crippen LogP contribution in [-0.4, -0.2) is 34.5 Å². The molecule has 1 aliphatic heterocycles. The van der Waals surface area contributed by atoms with Crippen molar-refractivity contribution in [3.8, 4) is 0 Å². The number of aliphatic hydroxyl groups is 1. The second-order valence-corrected chi connectivity index (χ2v) is 9.94. The van der Waals surface area contributed by atoms with Crippen LogP contribution in [-0.2, 0) is 14.3 Å². The Bertz CT molecular complexity index is 685. The molecule has 0 aromatic carbocycles. The zero-order chi connectivity index (χ0) is 17.4. The van der Waals surface area contributed by atoms with Gasteiger partial charge in [-0.25, -0.2) is 0 Å². The van der Waals surface area contributed by atoms with Gasteiger partial charge in [0.1, 0.15) is 17.8 Å². The summed E-state index contributed by atoms with van der Waals surface area (Å²) in [4.78, 5) is 26.0. The Hall–Kier alpha value is -0.740. The summed E-state index contributed by atoms with van der Waals surface area (Å²) in [5.74, 6) is 1.02. The Morgan fingerprint density at radius 2 is 1.92 bits per heavy atom. The van der Waals surface area contributed by atoms with Gasteiger partial charge in [-0.05, 0) is 43.4 Å². The number of ketones is 2. The number of aliphatic hydroxyl groups excluding tert-OH is 1. The molecule has 4 nitrogen and oxygen atoms in total. The highest BCUT2D eigenvalue weighted by Crippen LogP contribution is 2.86. The largest absolute Gasteiger partial charge is 0.385 e. The minimum atomic E-state index is -0.927. The molecule has 9 atom stereocenters. The van der Waals surface area contributed by atoms with Gasteiger partial charge >= 0.3 is 0 Å². The number of carbonyl (C=O) groups excluding carboxylic acids is 2. The van der Waals surface area contributed by atoms with Crippen LogP contribution in [0.3, 0.4) is 0 Å². The average molecular weight is 332 g/mol. The minimum absolute atomic E-state index is 0.0205. The molecule has 0 radical (unpaired) electrons. The Morgan fingerprint density at radius 1 is 1.25 bits per heavy atom. The molecule has 9 unspecified atom stereocenters. The van der Waals surface area contributed by atoms with Crippen LogP contribution >= 0.6 is 0 Å². The molecule has 5 fully saturated rings. The van der Waals surface area contributed by atoms with Crippen LogP contribution in [0.5, 0.6) is 0 Å². The van der Waals surface area contributed by atoms with Gasteiger partial charge < -0.3 is 9.84 Å². The Morgan fingerprint density at radius 3 is 2.54 bits per heavy atom. The average Bonchev–Trinajstić information content (AvgIpc) is 3.05. The lowest BCUT2D eigenvalue weighted by atomic mass is 9.55. The molecule has 5 aliphatic rings. The molecule has 0 aromatic rings. The molecular weight excluding hydrogens is 304 g/mol. The number of Topliss-reactive ketones (excluding diaryl/α,β-unsaturated/α-hetero) is 2. The fourth-order valence-corrected chi connectivity index (χ4v) is 8.45. The second kappa shape index (κ2) is 3.83. The highest BCUT2D eigenvalue weighted by atomic mass is 16.6. The van der Waals surface area contributed by atoms with E-state index < -0.39 is 28.6 Å². The maximum atomic E-state index is 13.4. The summed E-state index contributed by atoms with van der Waals surface area (Å²) >= 11 is 0. The van der Waals surface area contributed by atoms with E-state index in [0.717, 1.165) is 19.3 Å². The third-order valence-corrected chi connectivity index (χ3v) is 9.61. The maximum Gasteiger partial charge on any atom is 0.171 e. The molecule has 2 spiro atoms. The molecule has 1 heterocycles. The van der Waals surface area contributed by atoms with Crippen molar-refractivity contribution < 1.29 is 19.4 Å². The molecule has 4 heteroatoms. The summed E-state index contributed by atoms with van der Waals surface area (Å²) in [6.07, 6.45) is 1.56. The van der Waals surface area contributed by atoms with Crippen molar-refractivity contribution in [2.45, 2.75) is 71.7 Å². The highest BCUT2D eigenvalue weighted by molar-refractivity contribution is 6.02. The fraction of sp³-hybridized carbons (Fsp3) is 0.900. The summed E-state index contributed by atoms with van der Waals surface area (Å²) in [6, 6.07) is 0. The quantitative estimate of drug-likeness (QED) is 0.749. The van der Waals surface area contributed by atoms with Crippen molar-refractivity contribution in [2.75, 3.05) is 0 Å². The van der Waals surface area contributed by atoms with Gasteiger partial charge in [0, 0.05) is 17.3 Å². The van der Waals surface area contributed by atoms with Crippen LogP contribution in [0.4, 0.5) is 0 Å². The predicted molar refractivity (Wildman–Crippen MR) is 87.1 cm³/mol. The van der Waals surface area contributed by atoms with Gasteiger partial charge in [-0.2, -0.15) is 0 Å². The molecular formula is C20H28O4. The number of hydrogen-bond acceptors (Lipinski definition) is 4. The lowest BCUT2D eigenvalue weighted by Crippen LogP contribution is -2.48. The first-order valence-electron chi connectivity index (χ1n) is 9.55. The minimum Gasteiger partial charge on any atom is -0.385 e. The Balaban J connectivity index is 1.74. The smallest absolute Gasteiger partial charge is 0.171 e. The van der Waals surface area contributed by atoms with E-state index in [9.17, 15) is 14.7 Å². The number of carbonyl (C=O) groups is 2. The fourth-order valence-electron chi connectivity index (χ4n) is 8.45. The normalized spacial score (nSPS) is 63.5. The first-order valence-corrected chi connectivity index (χ1v) is 9.55. The van der Waals surface area contributed by atoms with Gasteiger partial charge in [0.2, 0.25) is 0 Å². The predicted octanol–water partition coefficient (Wildman–Crippen LogP) is 2.37. The highest BCUT2D eigenvalue weighted by Gasteiger charge is 2.94. The van der Waals surface area contributed by atoms with Gasteiger partial charge in [-0.15, -0.1) is 0 Å². The van der Waals surface area contributed by atoms with Crippen molar-refractivity contribution in [1.29, 1.82) is 0 Å². The van der Waals surface area contributed by atoms with Gasteiger partial charge in [-0.3, -0.25) is 9.59 Å². The lowest BCUT2D eigenvalue weighted by Gasteiger charge is -2.46. The third-order valence-electron chi connectivity index (χ3n) is 9.61. The van der Waals surface area contributed by atoms with Crippen LogP contribution in [0, 0.1) is 39.9 Å². The Labute approximate surface area is 143 Å². The van der Waals surface area contributed by atoms with Crippen molar-refractivity contribution in [2.24, 2.45) is 39.9 Å². The van der Waals surface area contributed by atoms with Crippen LogP contribution in [0.1, 0.15) is 53.9 Å². The topological polar surface area (TPSA) is 66.9 Å². The lowest BCUT2D eigenvalue weighted by molar-refractivity contribution is -0.138. The van der Waals surface area contributed by atoms with Crippen molar-refractivity contribution >= 4 is 11.6 Å². The molecule has 1 saturated heterocycles.